The first-order valence-corrected chi connectivity index (χ1v) is 9.91. The lowest BCUT2D eigenvalue weighted by Gasteiger charge is -2.22. The van der Waals surface area contributed by atoms with Gasteiger partial charge in [0.05, 0.1) is 5.39 Å². The molecular formula is C20H22FN3OS. The molecule has 2 heterocycles. The van der Waals surface area contributed by atoms with Crippen molar-refractivity contribution < 1.29 is 4.39 Å². The van der Waals surface area contributed by atoms with Crippen LogP contribution in [0.5, 0.6) is 0 Å². The van der Waals surface area contributed by atoms with Crippen LogP contribution in [-0.4, -0.2) is 16.6 Å². The maximum absolute atomic E-state index is 14.0. The standard InChI is InChI=1S/C20H22FN3OS/c1-3-24-19(25)17-14-9-5-7-11-16(14)26-18(17)22-20(24)23(2)12-13-8-4-6-10-15(13)21/h4,6,8,10H,3,5,7,9,11-12H2,1-2H3. The van der Waals surface area contributed by atoms with Crippen LogP contribution in [0.25, 0.3) is 10.2 Å². The van der Waals surface area contributed by atoms with Crippen molar-refractivity contribution >= 4 is 27.5 Å². The van der Waals surface area contributed by atoms with Crippen molar-refractivity contribution in [1.29, 1.82) is 0 Å². The van der Waals surface area contributed by atoms with Gasteiger partial charge in [0.25, 0.3) is 5.56 Å². The van der Waals surface area contributed by atoms with E-state index >= 15 is 0 Å². The SMILES string of the molecule is CCn1c(N(C)Cc2ccccc2F)nc2sc3c(c2c1=O)CCCC3. The number of aromatic nitrogens is 2. The van der Waals surface area contributed by atoms with Gasteiger partial charge in [-0.05, 0) is 44.2 Å². The molecule has 0 unspecified atom stereocenters. The zero-order valence-corrected chi connectivity index (χ0v) is 15.9. The van der Waals surface area contributed by atoms with Gasteiger partial charge in [-0.25, -0.2) is 9.37 Å². The van der Waals surface area contributed by atoms with E-state index in [1.807, 2.05) is 24.9 Å². The van der Waals surface area contributed by atoms with Gasteiger partial charge in [0, 0.05) is 30.6 Å². The second-order valence-electron chi connectivity index (χ2n) is 6.80. The van der Waals surface area contributed by atoms with Gasteiger partial charge in [-0.15, -0.1) is 11.3 Å². The largest absolute Gasteiger partial charge is 0.341 e. The van der Waals surface area contributed by atoms with E-state index in [0.29, 0.717) is 24.6 Å². The first-order chi connectivity index (χ1) is 12.6. The molecule has 1 aromatic carbocycles. The molecule has 0 bridgehead atoms. The van der Waals surface area contributed by atoms with Gasteiger partial charge in [-0.2, -0.15) is 0 Å². The third-order valence-corrected chi connectivity index (χ3v) is 6.26. The Balaban J connectivity index is 1.82. The monoisotopic (exact) mass is 371 g/mol. The quantitative estimate of drug-likeness (QED) is 0.692. The van der Waals surface area contributed by atoms with Gasteiger partial charge < -0.3 is 4.90 Å². The molecule has 0 fully saturated rings. The van der Waals surface area contributed by atoms with E-state index in [1.54, 1.807) is 28.0 Å². The molecule has 0 N–H and O–H groups in total. The maximum Gasteiger partial charge on any atom is 0.263 e. The predicted octanol–water partition coefficient (Wildman–Crippen LogP) is 4.13. The molecule has 26 heavy (non-hydrogen) atoms. The van der Waals surface area contributed by atoms with Crippen molar-refractivity contribution in [3.63, 3.8) is 0 Å². The number of nitrogens with zero attached hydrogens (tertiary/aromatic N) is 3. The molecule has 136 valence electrons. The molecule has 0 amide bonds. The van der Waals surface area contributed by atoms with Gasteiger partial charge in [0.15, 0.2) is 0 Å². The second-order valence-corrected chi connectivity index (χ2v) is 7.88. The average Bonchev–Trinajstić information content (AvgIpc) is 3.02. The Bertz CT molecular complexity index is 1020. The van der Waals surface area contributed by atoms with Crippen LogP contribution >= 0.6 is 11.3 Å². The molecule has 0 radical (unpaired) electrons. The Morgan fingerprint density at radius 2 is 2.04 bits per heavy atom. The summed E-state index contributed by atoms with van der Waals surface area (Å²) in [6, 6.07) is 6.73. The van der Waals surface area contributed by atoms with E-state index in [2.05, 4.69) is 0 Å². The van der Waals surface area contributed by atoms with E-state index < -0.39 is 0 Å². The third-order valence-electron chi connectivity index (χ3n) is 5.08. The molecule has 1 aliphatic carbocycles. The molecule has 2 aromatic heterocycles. The highest BCUT2D eigenvalue weighted by molar-refractivity contribution is 7.18. The number of anilines is 1. The minimum Gasteiger partial charge on any atom is -0.341 e. The van der Waals surface area contributed by atoms with Crippen molar-refractivity contribution in [2.45, 2.75) is 45.7 Å². The topological polar surface area (TPSA) is 38.1 Å². The fraction of sp³-hybridized carbons (Fsp3) is 0.400. The van der Waals surface area contributed by atoms with E-state index in [0.717, 1.165) is 29.5 Å². The molecule has 6 heteroatoms. The molecule has 0 spiro atoms. The van der Waals surface area contributed by atoms with Crippen molar-refractivity contribution in [3.05, 3.63) is 56.4 Å². The lowest BCUT2D eigenvalue weighted by atomic mass is 9.97. The highest BCUT2D eigenvalue weighted by Crippen LogP contribution is 2.34. The first-order valence-electron chi connectivity index (χ1n) is 9.09. The summed E-state index contributed by atoms with van der Waals surface area (Å²) >= 11 is 1.65. The number of hydrogen-bond donors (Lipinski definition) is 0. The molecule has 1 aliphatic rings. The van der Waals surface area contributed by atoms with Crippen LogP contribution in [0.1, 0.15) is 35.8 Å². The summed E-state index contributed by atoms with van der Waals surface area (Å²) < 4.78 is 15.7. The third kappa shape index (κ3) is 2.82. The molecule has 0 saturated carbocycles. The van der Waals surface area contributed by atoms with Gasteiger partial charge in [-0.1, -0.05) is 18.2 Å². The summed E-state index contributed by atoms with van der Waals surface area (Å²) in [5.41, 5.74) is 1.84. The minimum atomic E-state index is -0.239. The fourth-order valence-electron chi connectivity index (χ4n) is 3.76. The number of hydrogen-bond acceptors (Lipinski definition) is 4. The van der Waals surface area contributed by atoms with Gasteiger partial charge in [0.2, 0.25) is 5.95 Å². The Labute approximate surface area is 155 Å². The molecule has 4 nitrogen and oxygen atoms in total. The Kier molecular flexibility index (Phi) is 4.53. The van der Waals surface area contributed by atoms with Gasteiger partial charge in [0.1, 0.15) is 10.6 Å². The summed E-state index contributed by atoms with van der Waals surface area (Å²) in [6.07, 6.45) is 4.34. The highest BCUT2D eigenvalue weighted by atomic mass is 32.1. The molecule has 3 aromatic rings. The molecule has 0 atom stereocenters. The van der Waals surface area contributed by atoms with Crippen LogP contribution in [0.4, 0.5) is 10.3 Å². The lowest BCUT2D eigenvalue weighted by Crippen LogP contribution is -2.30. The second kappa shape index (κ2) is 6.83. The van der Waals surface area contributed by atoms with Gasteiger partial charge in [-0.3, -0.25) is 9.36 Å². The highest BCUT2D eigenvalue weighted by Gasteiger charge is 2.23. The summed E-state index contributed by atoms with van der Waals surface area (Å²) in [6.45, 7) is 2.87. The zero-order valence-electron chi connectivity index (χ0n) is 15.1. The minimum absolute atomic E-state index is 0.0345. The Morgan fingerprint density at radius 3 is 2.81 bits per heavy atom. The summed E-state index contributed by atoms with van der Waals surface area (Å²) in [4.78, 5) is 22.0. The van der Waals surface area contributed by atoms with E-state index in [1.165, 1.54) is 22.9 Å². The maximum atomic E-state index is 14.0. The normalized spacial score (nSPS) is 13.8. The number of thiophene rings is 1. The summed E-state index contributed by atoms with van der Waals surface area (Å²) in [7, 11) is 1.86. The lowest BCUT2D eigenvalue weighted by molar-refractivity contribution is 0.603. The van der Waals surface area contributed by atoms with Crippen molar-refractivity contribution in [1.82, 2.24) is 9.55 Å². The van der Waals surface area contributed by atoms with Crippen LogP contribution in [0, 0.1) is 5.82 Å². The summed E-state index contributed by atoms with van der Waals surface area (Å²) in [5.74, 6) is 0.365. The smallest absolute Gasteiger partial charge is 0.263 e. The molecule has 0 aliphatic heterocycles. The van der Waals surface area contributed by atoms with Crippen LogP contribution in [-0.2, 0) is 25.9 Å². The van der Waals surface area contributed by atoms with Crippen molar-refractivity contribution in [3.8, 4) is 0 Å². The van der Waals surface area contributed by atoms with Crippen molar-refractivity contribution in [2.24, 2.45) is 0 Å². The molecular weight excluding hydrogens is 349 g/mol. The van der Waals surface area contributed by atoms with Crippen LogP contribution < -0.4 is 10.5 Å². The van der Waals surface area contributed by atoms with E-state index in [-0.39, 0.29) is 11.4 Å². The first kappa shape index (κ1) is 17.2. The van der Waals surface area contributed by atoms with Crippen molar-refractivity contribution in [2.75, 3.05) is 11.9 Å². The number of halogens is 1. The summed E-state index contributed by atoms with van der Waals surface area (Å²) in [5, 5.41) is 0.801. The fourth-order valence-corrected chi connectivity index (χ4v) is 5.00. The number of aryl methyl sites for hydroxylation is 2. The predicted molar refractivity (Wildman–Crippen MR) is 105 cm³/mol. The molecule has 0 saturated heterocycles. The average molecular weight is 371 g/mol. The van der Waals surface area contributed by atoms with Crippen LogP contribution in [0.15, 0.2) is 29.1 Å². The van der Waals surface area contributed by atoms with E-state index in [4.69, 9.17) is 4.98 Å². The van der Waals surface area contributed by atoms with Crippen LogP contribution in [0.2, 0.25) is 0 Å². The molecule has 4 rings (SSSR count). The number of fused-ring (bicyclic) bond motifs is 3. The number of benzene rings is 1. The van der Waals surface area contributed by atoms with Gasteiger partial charge >= 0.3 is 0 Å². The zero-order chi connectivity index (χ0) is 18.3. The number of rotatable bonds is 4. The Morgan fingerprint density at radius 1 is 1.27 bits per heavy atom. The Hall–Kier alpha value is -2.21. The van der Waals surface area contributed by atoms with Crippen LogP contribution in [0.3, 0.4) is 0 Å². The van der Waals surface area contributed by atoms with E-state index in [9.17, 15) is 9.18 Å².